The maximum absolute atomic E-state index is 12.7. The molecular weight excluding hydrogens is 284 g/mol. The third kappa shape index (κ3) is 4.67. The van der Waals surface area contributed by atoms with E-state index in [0.29, 0.717) is 36.7 Å². The summed E-state index contributed by atoms with van der Waals surface area (Å²) in [5.41, 5.74) is 0. The lowest BCUT2D eigenvalue weighted by Crippen LogP contribution is -2.51. The second-order valence-electron chi connectivity index (χ2n) is 6.76. The van der Waals surface area contributed by atoms with Gasteiger partial charge in [0, 0.05) is 19.1 Å². The van der Waals surface area contributed by atoms with Gasteiger partial charge in [0.05, 0.1) is 5.75 Å². The van der Waals surface area contributed by atoms with Crippen LogP contribution in [0.1, 0.15) is 58.8 Å². The number of rotatable bonds is 6. The summed E-state index contributed by atoms with van der Waals surface area (Å²) in [5.74, 6) is 1.24. The van der Waals surface area contributed by atoms with E-state index in [0.717, 1.165) is 32.2 Å². The monoisotopic (exact) mass is 316 g/mol. The smallest absolute Gasteiger partial charge is 0.214 e. The zero-order chi connectivity index (χ0) is 15.3. The summed E-state index contributed by atoms with van der Waals surface area (Å²) in [7, 11) is -3.06. The van der Waals surface area contributed by atoms with Gasteiger partial charge < -0.3 is 5.32 Å². The highest BCUT2D eigenvalue weighted by Gasteiger charge is 2.34. The van der Waals surface area contributed by atoms with Crippen molar-refractivity contribution in [3.05, 3.63) is 0 Å². The number of nitrogens with one attached hydrogen (secondary N) is 1. The summed E-state index contributed by atoms with van der Waals surface area (Å²) >= 11 is 0. The lowest BCUT2D eigenvalue weighted by Gasteiger charge is -2.38. The van der Waals surface area contributed by atoms with Crippen molar-refractivity contribution in [2.75, 3.05) is 25.4 Å². The lowest BCUT2D eigenvalue weighted by atomic mass is 9.91. The zero-order valence-corrected chi connectivity index (χ0v) is 14.5. The summed E-state index contributed by atoms with van der Waals surface area (Å²) in [6.45, 7) is 6.67. The van der Waals surface area contributed by atoms with Gasteiger partial charge in [0.2, 0.25) is 10.0 Å². The third-order valence-corrected chi connectivity index (χ3v) is 7.26. The summed E-state index contributed by atoms with van der Waals surface area (Å²) < 4.78 is 27.2. The first-order chi connectivity index (χ1) is 10.1. The van der Waals surface area contributed by atoms with Gasteiger partial charge in [-0.1, -0.05) is 39.5 Å². The van der Waals surface area contributed by atoms with E-state index in [9.17, 15) is 8.42 Å². The molecule has 1 saturated carbocycles. The molecule has 1 saturated heterocycles. The minimum absolute atomic E-state index is 0.384. The Kier molecular flexibility index (Phi) is 6.51. The van der Waals surface area contributed by atoms with Crippen LogP contribution in [0.4, 0.5) is 0 Å². The molecule has 21 heavy (non-hydrogen) atoms. The fourth-order valence-corrected chi connectivity index (χ4v) is 5.90. The summed E-state index contributed by atoms with van der Waals surface area (Å²) in [6, 6.07) is 0.487. The van der Waals surface area contributed by atoms with Crippen LogP contribution in [0, 0.1) is 11.8 Å². The Morgan fingerprint density at radius 3 is 2.43 bits per heavy atom. The SMILES string of the molecule is CCNC1CCN(S(=O)(=O)CC2CCCCC2)CC1CC. The Morgan fingerprint density at radius 1 is 1.10 bits per heavy atom. The fourth-order valence-electron chi connectivity index (χ4n) is 3.95. The van der Waals surface area contributed by atoms with Crippen LogP contribution in [-0.2, 0) is 10.0 Å². The van der Waals surface area contributed by atoms with Gasteiger partial charge in [0.25, 0.3) is 0 Å². The van der Waals surface area contributed by atoms with Crippen molar-refractivity contribution in [2.24, 2.45) is 11.8 Å². The summed E-state index contributed by atoms with van der Waals surface area (Å²) in [5, 5.41) is 3.52. The molecule has 124 valence electrons. The number of sulfonamides is 1. The van der Waals surface area contributed by atoms with Crippen molar-refractivity contribution >= 4 is 10.0 Å². The van der Waals surface area contributed by atoms with Crippen LogP contribution in [0.15, 0.2) is 0 Å². The Morgan fingerprint density at radius 2 is 1.81 bits per heavy atom. The van der Waals surface area contributed by atoms with E-state index < -0.39 is 10.0 Å². The molecule has 0 spiro atoms. The van der Waals surface area contributed by atoms with Gasteiger partial charge in [-0.25, -0.2) is 12.7 Å². The first kappa shape index (κ1) is 17.2. The van der Waals surface area contributed by atoms with Gasteiger partial charge >= 0.3 is 0 Å². The molecule has 0 radical (unpaired) electrons. The molecule has 1 heterocycles. The Labute approximate surface area is 130 Å². The standard InChI is InChI=1S/C16H32N2O2S/c1-3-15-12-18(11-10-16(15)17-4-2)21(19,20)13-14-8-6-5-7-9-14/h14-17H,3-13H2,1-2H3. The average Bonchev–Trinajstić information content (AvgIpc) is 2.48. The highest BCUT2D eigenvalue weighted by Crippen LogP contribution is 2.28. The summed E-state index contributed by atoms with van der Waals surface area (Å²) in [6.07, 6.45) is 7.90. The minimum Gasteiger partial charge on any atom is -0.314 e. The van der Waals surface area contributed by atoms with Gasteiger partial charge in [0.15, 0.2) is 0 Å². The third-order valence-electron chi connectivity index (χ3n) is 5.25. The van der Waals surface area contributed by atoms with E-state index in [2.05, 4.69) is 19.2 Å². The molecule has 1 aliphatic heterocycles. The van der Waals surface area contributed by atoms with Gasteiger partial charge in [-0.2, -0.15) is 0 Å². The molecule has 0 aromatic rings. The number of piperidine rings is 1. The number of nitrogens with zero attached hydrogens (tertiary/aromatic N) is 1. The van der Waals surface area contributed by atoms with Crippen molar-refractivity contribution in [2.45, 2.75) is 64.8 Å². The molecule has 2 unspecified atom stereocenters. The Balaban J connectivity index is 1.93. The molecule has 0 aromatic heterocycles. The molecule has 2 atom stereocenters. The highest BCUT2D eigenvalue weighted by atomic mass is 32.2. The molecule has 2 aliphatic rings. The first-order valence-electron chi connectivity index (χ1n) is 8.78. The number of hydrogen-bond acceptors (Lipinski definition) is 3. The largest absolute Gasteiger partial charge is 0.314 e. The van der Waals surface area contributed by atoms with E-state index in [1.165, 1.54) is 19.3 Å². The molecule has 2 fully saturated rings. The van der Waals surface area contributed by atoms with E-state index in [-0.39, 0.29) is 0 Å². The fraction of sp³-hybridized carbons (Fsp3) is 1.00. The van der Waals surface area contributed by atoms with Gasteiger partial charge in [-0.05, 0) is 37.6 Å². The maximum atomic E-state index is 12.7. The van der Waals surface area contributed by atoms with Crippen LogP contribution in [0.25, 0.3) is 0 Å². The van der Waals surface area contributed by atoms with Crippen molar-refractivity contribution < 1.29 is 8.42 Å². The second-order valence-corrected chi connectivity index (χ2v) is 8.78. The average molecular weight is 317 g/mol. The molecule has 5 heteroatoms. The highest BCUT2D eigenvalue weighted by molar-refractivity contribution is 7.89. The van der Waals surface area contributed by atoms with Crippen LogP contribution < -0.4 is 5.32 Å². The van der Waals surface area contributed by atoms with Crippen molar-refractivity contribution in [1.82, 2.24) is 9.62 Å². The van der Waals surface area contributed by atoms with Crippen molar-refractivity contribution in [1.29, 1.82) is 0 Å². The Hall–Kier alpha value is -0.130. The van der Waals surface area contributed by atoms with Crippen LogP contribution in [0.3, 0.4) is 0 Å². The molecule has 0 amide bonds. The Bertz CT molecular complexity index is 405. The van der Waals surface area contributed by atoms with Crippen LogP contribution >= 0.6 is 0 Å². The van der Waals surface area contributed by atoms with Crippen LogP contribution in [0.2, 0.25) is 0 Å². The van der Waals surface area contributed by atoms with Crippen molar-refractivity contribution in [3.8, 4) is 0 Å². The summed E-state index contributed by atoms with van der Waals surface area (Å²) in [4.78, 5) is 0. The molecule has 4 nitrogen and oxygen atoms in total. The molecule has 0 aromatic carbocycles. The molecule has 1 aliphatic carbocycles. The predicted octanol–water partition coefficient (Wildman–Crippen LogP) is 2.61. The van der Waals surface area contributed by atoms with Crippen molar-refractivity contribution in [3.63, 3.8) is 0 Å². The van der Waals surface area contributed by atoms with Crippen LogP contribution in [-0.4, -0.2) is 44.2 Å². The first-order valence-corrected chi connectivity index (χ1v) is 10.4. The second kappa shape index (κ2) is 7.93. The number of hydrogen-bond donors (Lipinski definition) is 1. The van der Waals surface area contributed by atoms with E-state index in [1.54, 1.807) is 4.31 Å². The van der Waals surface area contributed by atoms with E-state index in [4.69, 9.17) is 0 Å². The molecule has 1 N–H and O–H groups in total. The molecule has 0 bridgehead atoms. The van der Waals surface area contributed by atoms with E-state index in [1.807, 2.05) is 0 Å². The maximum Gasteiger partial charge on any atom is 0.214 e. The quantitative estimate of drug-likeness (QED) is 0.819. The normalized spacial score (nSPS) is 29.6. The lowest BCUT2D eigenvalue weighted by molar-refractivity contribution is 0.203. The van der Waals surface area contributed by atoms with E-state index >= 15 is 0 Å². The zero-order valence-electron chi connectivity index (χ0n) is 13.7. The van der Waals surface area contributed by atoms with Gasteiger partial charge in [0.1, 0.15) is 0 Å². The van der Waals surface area contributed by atoms with Gasteiger partial charge in [-0.3, -0.25) is 0 Å². The predicted molar refractivity (Wildman–Crippen MR) is 87.8 cm³/mol. The van der Waals surface area contributed by atoms with Gasteiger partial charge in [-0.15, -0.1) is 0 Å². The van der Waals surface area contributed by atoms with Crippen LogP contribution in [0.5, 0.6) is 0 Å². The molecule has 2 rings (SSSR count). The minimum atomic E-state index is -3.06. The molecular formula is C16H32N2O2S. The topological polar surface area (TPSA) is 49.4 Å².